The molecule has 9 heteroatoms. The summed E-state index contributed by atoms with van der Waals surface area (Å²) in [4.78, 5) is -1.74. The number of rotatable bonds is 2. The number of halogens is 4. The van der Waals surface area contributed by atoms with E-state index in [4.69, 9.17) is 5.73 Å². The van der Waals surface area contributed by atoms with Crippen LogP contribution in [-0.2, 0) is 10.0 Å². The van der Waals surface area contributed by atoms with E-state index < -0.39 is 43.9 Å². The lowest BCUT2D eigenvalue weighted by molar-refractivity contribution is 0.423. The Bertz CT molecular complexity index is 515. The van der Waals surface area contributed by atoms with E-state index in [2.05, 4.69) is 0 Å². The Morgan fingerprint density at radius 1 is 1.00 bits per heavy atom. The van der Waals surface area contributed by atoms with Crippen LogP contribution in [0.4, 0.5) is 23.2 Å². The van der Waals surface area contributed by atoms with Crippen molar-refractivity contribution >= 4 is 15.7 Å². The molecule has 0 aromatic heterocycles. The highest BCUT2D eigenvalue weighted by Crippen LogP contribution is 2.28. The minimum Gasteiger partial charge on any atom is -0.394 e. The molecule has 0 radical (unpaired) electrons. The van der Waals surface area contributed by atoms with E-state index in [1.807, 2.05) is 0 Å². The fourth-order valence-electron chi connectivity index (χ4n) is 0.967. The highest BCUT2D eigenvalue weighted by Gasteiger charge is 2.31. The predicted molar refractivity (Wildman–Crippen MR) is 46.9 cm³/mol. The molecule has 90 valence electrons. The number of benzene rings is 1. The van der Waals surface area contributed by atoms with Gasteiger partial charge in [-0.05, 0) is 7.05 Å². The van der Waals surface area contributed by atoms with Crippen LogP contribution in [0.3, 0.4) is 0 Å². The molecule has 0 amide bonds. The first-order valence-corrected chi connectivity index (χ1v) is 5.27. The van der Waals surface area contributed by atoms with Crippen LogP contribution in [0.1, 0.15) is 0 Å². The van der Waals surface area contributed by atoms with Gasteiger partial charge in [-0.2, -0.15) is 0 Å². The van der Waals surface area contributed by atoms with Crippen LogP contribution >= 0.6 is 0 Å². The van der Waals surface area contributed by atoms with E-state index in [0.29, 0.717) is 0 Å². The fourth-order valence-corrected chi connectivity index (χ4v) is 1.82. The second kappa shape index (κ2) is 3.91. The zero-order valence-corrected chi connectivity index (χ0v) is 8.63. The number of nitrogens with one attached hydrogen (secondary N) is 1. The zero-order valence-electron chi connectivity index (χ0n) is 7.81. The third-order valence-electron chi connectivity index (χ3n) is 1.79. The van der Waals surface area contributed by atoms with E-state index in [0.717, 1.165) is 7.05 Å². The number of nitrogens with two attached hydrogens (primary N) is 1. The Morgan fingerprint density at radius 2 is 1.38 bits per heavy atom. The molecule has 0 saturated heterocycles. The normalized spacial score (nSPS) is 11.8. The first-order chi connectivity index (χ1) is 7.24. The maximum absolute atomic E-state index is 13.1. The predicted octanol–water partition coefficient (Wildman–Crippen LogP) is 0.733. The fraction of sp³-hybridized carbons (Fsp3) is 0.143. The molecule has 0 bridgehead atoms. The van der Waals surface area contributed by atoms with Crippen LogP contribution < -0.4 is 10.5 Å². The van der Waals surface area contributed by atoms with Crippen LogP contribution in [0.25, 0.3) is 0 Å². The van der Waals surface area contributed by atoms with Gasteiger partial charge in [0, 0.05) is 0 Å². The van der Waals surface area contributed by atoms with Crippen LogP contribution in [0, 0.1) is 23.3 Å². The zero-order chi connectivity index (χ0) is 12.7. The molecule has 0 fully saturated rings. The van der Waals surface area contributed by atoms with Gasteiger partial charge in [-0.1, -0.05) is 0 Å². The minimum atomic E-state index is -4.66. The molecule has 0 aliphatic carbocycles. The lowest BCUT2D eigenvalue weighted by Crippen LogP contribution is -2.23. The highest BCUT2D eigenvalue weighted by atomic mass is 32.2. The lowest BCUT2D eigenvalue weighted by atomic mass is 10.2. The smallest absolute Gasteiger partial charge is 0.246 e. The molecule has 1 aromatic carbocycles. The summed E-state index contributed by atoms with van der Waals surface area (Å²) in [6, 6.07) is 0. The van der Waals surface area contributed by atoms with Crippen molar-refractivity contribution in [2.24, 2.45) is 0 Å². The van der Waals surface area contributed by atoms with Gasteiger partial charge in [-0.25, -0.2) is 30.7 Å². The maximum atomic E-state index is 13.1. The summed E-state index contributed by atoms with van der Waals surface area (Å²) >= 11 is 0. The molecule has 16 heavy (non-hydrogen) atoms. The molecule has 0 atom stereocenters. The third-order valence-corrected chi connectivity index (χ3v) is 3.23. The maximum Gasteiger partial charge on any atom is 0.246 e. The summed E-state index contributed by atoms with van der Waals surface area (Å²) in [6.45, 7) is 0. The standard InChI is InChI=1S/C7H6F4N2O2S/c1-13-16(14,15)7-4(10)2(8)6(12)3(9)5(7)11/h13H,12H2,1H3. The van der Waals surface area contributed by atoms with E-state index >= 15 is 0 Å². The van der Waals surface area contributed by atoms with E-state index in [9.17, 15) is 26.0 Å². The Hall–Kier alpha value is -1.35. The lowest BCUT2D eigenvalue weighted by Gasteiger charge is -2.08. The van der Waals surface area contributed by atoms with E-state index in [1.165, 1.54) is 4.72 Å². The van der Waals surface area contributed by atoms with Crippen molar-refractivity contribution in [3.63, 3.8) is 0 Å². The second-order valence-corrected chi connectivity index (χ2v) is 4.53. The van der Waals surface area contributed by atoms with Crippen molar-refractivity contribution in [1.82, 2.24) is 4.72 Å². The molecule has 0 aliphatic heterocycles. The van der Waals surface area contributed by atoms with Crippen LogP contribution in [0.2, 0.25) is 0 Å². The first kappa shape index (κ1) is 12.7. The summed E-state index contributed by atoms with van der Waals surface area (Å²) in [5, 5.41) is 0. The van der Waals surface area contributed by atoms with Gasteiger partial charge in [-0.15, -0.1) is 0 Å². The first-order valence-electron chi connectivity index (χ1n) is 3.79. The van der Waals surface area contributed by atoms with Gasteiger partial charge < -0.3 is 5.73 Å². The van der Waals surface area contributed by atoms with Crippen molar-refractivity contribution in [3.05, 3.63) is 23.3 Å². The van der Waals surface area contributed by atoms with Crippen molar-refractivity contribution in [2.75, 3.05) is 12.8 Å². The SMILES string of the molecule is CNS(=O)(=O)c1c(F)c(F)c(N)c(F)c1F. The molecule has 1 aromatic rings. The summed E-state index contributed by atoms with van der Waals surface area (Å²) in [7, 11) is -3.82. The molecular weight excluding hydrogens is 252 g/mol. The minimum absolute atomic E-state index is 0.834. The highest BCUT2D eigenvalue weighted by molar-refractivity contribution is 7.89. The van der Waals surface area contributed by atoms with Gasteiger partial charge >= 0.3 is 0 Å². The molecule has 0 spiro atoms. The second-order valence-electron chi connectivity index (χ2n) is 2.71. The molecule has 0 aliphatic rings. The van der Waals surface area contributed by atoms with Gasteiger partial charge in [0.15, 0.2) is 28.2 Å². The number of hydrogen-bond donors (Lipinski definition) is 2. The van der Waals surface area contributed by atoms with Gasteiger partial charge in [0.2, 0.25) is 10.0 Å². The van der Waals surface area contributed by atoms with Gasteiger partial charge in [0.1, 0.15) is 5.69 Å². The Labute approximate surface area is 88.1 Å². The van der Waals surface area contributed by atoms with Crippen molar-refractivity contribution in [1.29, 1.82) is 0 Å². The third kappa shape index (κ3) is 1.71. The molecule has 0 saturated carbocycles. The summed E-state index contributed by atoms with van der Waals surface area (Å²) in [5.41, 5.74) is 3.28. The molecule has 0 unspecified atom stereocenters. The molecule has 1 rings (SSSR count). The summed E-state index contributed by atoms with van der Waals surface area (Å²) < 4.78 is 75.7. The van der Waals surface area contributed by atoms with Crippen molar-refractivity contribution in [3.8, 4) is 0 Å². The number of hydrogen-bond acceptors (Lipinski definition) is 3. The molecule has 0 heterocycles. The van der Waals surface area contributed by atoms with Crippen LogP contribution in [-0.4, -0.2) is 15.5 Å². The van der Waals surface area contributed by atoms with Gasteiger partial charge in [-0.3, -0.25) is 0 Å². The number of sulfonamides is 1. The van der Waals surface area contributed by atoms with Gasteiger partial charge in [0.05, 0.1) is 0 Å². The molecule has 3 N–H and O–H groups in total. The Kier molecular flexibility index (Phi) is 3.10. The van der Waals surface area contributed by atoms with Crippen molar-refractivity contribution < 1.29 is 26.0 Å². The Morgan fingerprint density at radius 3 is 1.69 bits per heavy atom. The van der Waals surface area contributed by atoms with Crippen LogP contribution in [0.5, 0.6) is 0 Å². The average Bonchev–Trinajstić information content (AvgIpc) is 2.23. The van der Waals surface area contributed by atoms with E-state index in [-0.39, 0.29) is 0 Å². The quantitative estimate of drug-likeness (QED) is 0.466. The van der Waals surface area contributed by atoms with Crippen molar-refractivity contribution in [2.45, 2.75) is 4.90 Å². The average molecular weight is 258 g/mol. The molecular formula is C7H6F4N2O2S. The summed E-state index contributed by atoms with van der Waals surface area (Å²) in [6.07, 6.45) is 0. The Balaban J connectivity index is 3.79. The van der Waals surface area contributed by atoms with Crippen LogP contribution in [0.15, 0.2) is 4.90 Å². The number of nitrogen functional groups attached to an aromatic ring is 1. The topological polar surface area (TPSA) is 72.2 Å². The van der Waals surface area contributed by atoms with E-state index in [1.54, 1.807) is 0 Å². The monoisotopic (exact) mass is 258 g/mol. The van der Waals surface area contributed by atoms with Gasteiger partial charge in [0.25, 0.3) is 0 Å². The number of anilines is 1. The largest absolute Gasteiger partial charge is 0.394 e. The molecule has 4 nitrogen and oxygen atoms in total. The summed E-state index contributed by atoms with van der Waals surface area (Å²) in [5.74, 6) is -8.03.